The average Bonchev–Trinajstić information content (AvgIpc) is 3.01. The van der Waals surface area contributed by atoms with Crippen molar-refractivity contribution in [3.8, 4) is 0 Å². The molecule has 0 spiro atoms. The number of halogens is 1. The third kappa shape index (κ3) is 3.74. The number of hydrogen-bond acceptors (Lipinski definition) is 5. The van der Waals surface area contributed by atoms with Gasteiger partial charge in [-0.05, 0) is 79.1 Å². The van der Waals surface area contributed by atoms with Crippen LogP contribution in [0.4, 0.5) is 21.5 Å². The Morgan fingerprint density at radius 2 is 1.53 bits per heavy atom. The second kappa shape index (κ2) is 8.07. The zero-order valence-corrected chi connectivity index (χ0v) is 17.3. The molecule has 3 aromatic carbocycles. The SMILES string of the molecule is Cc1ccc(NC2=C(c3ccc([N+](=O)[O-])cc3)C(=O)N(c3ccc(F)cc3)C2=O)cc1C. The summed E-state index contributed by atoms with van der Waals surface area (Å²) in [6, 6.07) is 16.0. The van der Waals surface area contributed by atoms with E-state index in [9.17, 15) is 24.1 Å². The number of nitrogens with one attached hydrogen (secondary N) is 1. The van der Waals surface area contributed by atoms with E-state index in [1.54, 1.807) is 6.07 Å². The molecule has 0 bridgehead atoms. The van der Waals surface area contributed by atoms with Gasteiger partial charge in [0.25, 0.3) is 17.5 Å². The van der Waals surface area contributed by atoms with Gasteiger partial charge in [0.2, 0.25) is 0 Å². The summed E-state index contributed by atoms with van der Waals surface area (Å²) in [4.78, 5) is 38.0. The molecule has 0 aliphatic carbocycles. The summed E-state index contributed by atoms with van der Waals surface area (Å²) >= 11 is 0. The van der Waals surface area contributed by atoms with E-state index >= 15 is 0 Å². The van der Waals surface area contributed by atoms with Crippen LogP contribution in [0.25, 0.3) is 5.57 Å². The molecule has 0 radical (unpaired) electrons. The Kier molecular flexibility index (Phi) is 5.28. The quantitative estimate of drug-likeness (QED) is 0.358. The Morgan fingerprint density at radius 3 is 2.12 bits per heavy atom. The van der Waals surface area contributed by atoms with Gasteiger partial charge in [0, 0.05) is 17.8 Å². The Bertz CT molecular complexity index is 1280. The fourth-order valence-electron chi connectivity index (χ4n) is 3.45. The molecule has 0 atom stereocenters. The van der Waals surface area contributed by atoms with Crippen molar-refractivity contribution in [3.63, 3.8) is 0 Å². The van der Waals surface area contributed by atoms with Crippen molar-refractivity contribution >= 4 is 34.4 Å². The number of carbonyl (C=O) groups is 2. The highest BCUT2D eigenvalue weighted by atomic mass is 19.1. The number of hydrogen-bond donors (Lipinski definition) is 1. The number of amides is 2. The molecule has 1 aliphatic rings. The molecular weight excluding hydrogens is 413 g/mol. The largest absolute Gasteiger partial charge is 0.350 e. The maximum Gasteiger partial charge on any atom is 0.282 e. The highest BCUT2D eigenvalue weighted by molar-refractivity contribution is 6.46. The second-order valence-electron chi connectivity index (χ2n) is 7.40. The van der Waals surface area contributed by atoms with Gasteiger partial charge in [-0.15, -0.1) is 0 Å². The maximum atomic E-state index is 13.4. The summed E-state index contributed by atoms with van der Waals surface area (Å²) in [5, 5.41) is 14.0. The summed E-state index contributed by atoms with van der Waals surface area (Å²) in [7, 11) is 0. The van der Waals surface area contributed by atoms with E-state index in [-0.39, 0.29) is 22.6 Å². The van der Waals surface area contributed by atoms with Crippen molar-refractivity contribution < 1.29 is 18.9 Å². The summed E-state index contributed by atoms with van der Waals surface area (Å²) in [6.45, 7) is 3.89. The van der Waals surface area contributed by atoms with E-state index in [1.807, 2.05) is 26.0 Å². The van der Waals surface area contributed by atoms with Crippen molar-refractivity contribution in [2.45, 2.75) is 13.8 Å². The number of nitrogens with zero attached hydrogens (tertiary/aromatic N) is 2. The molecule has 32 heavy (non-hydrogen) atoms. The Labute approximate surface area is 182 Å². The normalized spacial score (nSPS) is 13.7. The Hall–Kier alpha value is -4.33. The van der Waals surface area contributed by atoms with Gasteiger partial charge in [-0.25, -0.2) is 9.29 Å². The number of aryl methyl sites for hydroxylation is 2. The maximum absolute atomic E-state index is 13.4. The molecule has 3 aromatic rings. The zero-order chi connectivity index (χ0) is 23.0. The van der Waals surface area contributed by atoms with Crippen LogP contribution in [-0.2, 0) is 9.59 Å². The van der Waals surface area contributed by atoms with E-state index in [1.165, 1.54) is 36.4 Å². The molecule has 7 nitrogen and oxygen atoms in total. The molecule has 1 heterocycles. The van der Waals surface area contributed by atoms with Crippen molar-refractivity contribution in [2.24, 2.45) is 0 Å². The van der Waals surface area contributed by atoms with Crippen molar-refractivity contribution in [1.82, 2.24) is 0 Å². The van der Waals surface area contributed by atoms with Crippen molar-refractivity contribution in [3.05, 3.63) is 105 Å². The van der Waals surface area contributed by atoms with Crippen LogP contribution in [0.1, 0.15) is 16.7 Å². The molecule has 160 valence electrons. The van der Waals surface area contributed by atoms with Crippen LogP contribution in [0.15, 0.2) is 72.4 Å². The Morgan fingerprint density at radius 1 is 0.875 bits per heavy atom. The van der Waals surface area contributed by atoms with Gasteiger partial charge in [0.1, 0.15) is 11.5 Å². The van der Waals surface area contributed by atoms with Crippen LogP contribution < -0.4 is 10.2 Å². The van der Waals surface area contributed by atoms with Gasteiger partial charge in [-0.3, -0.25) is 19.7 Å². The minimum atomic E-state index is -0.609. The lowest BCUT2D eigenvalue weighted by molar-refractivity contribution is -0.384. The van der Waals surface area contributed by atoms with Crippen LogP contribution in [0.2, 0.25) is 0 Å². The van der Waals surface area contributed by atoms with Crippen LogP contribution in [-0.4, -0.2) is 16.7 Å². The third-order valence-corrected chi connectivity index (χ3v) is 5.31. The van der Waals surface area contributed by atoms with Crippen LogP contribution in [0, 0.1) is 29.8 Å². The van der Waals surface area contributed by atoms with Gasteiger partial charge in [0.05, 0.1) is 16.2 Å². The first-order valence-electron chi connectivity index (χ1n) is 9.74. The van der Waals surface area contributed by atoms with Crippen LogP contribution in [0.3, 0.4) is 0 Å². The molecule has 2 amide bonds. The van der Waals surface area contributed by atoms with Crippen LogP contribution >= 0.6 is 0 Å². The molecule has 0 saturated carbocycles. The molecule has 0 unspecified atom stereocenters. The first-order valence-corrected chi connectivity index (χ1v) is 9.74. The number of nitro benzene ring substituents is 1. The van der Waals surface area contributed by atoms with E-state index in [0.29, 0.717) is 11.3 Å². The lowest BCUT2D eigenvalue weighted by Crippen LogP contribution is -2.32. The van der Waals surface area contributed by atoms with Crippen LogP contribution in [0.5, 0.6) is 0 Å². The highest BCUT2D eigenvalue weighted by Gasteiger charge is 2.40. The topological polar surface area (TPSA) is 92.6 Å². The molecular formula is C24H18FN3O4. The van der Waals surface area contributed by atoms with Gasteiger partial charge >= 0.3 is 0 Å². The Balaban J connectivity index is 1.82. The number of imide groups is 1. The molecule has 4 rings (SSSR count). The van der Waals surface area contributed by atoms with Gasteiger partial charge < -0.3 is 5.32 Å². The van der Waals surface area contributed by atoms with Gasteiger partial charge in [-0.2, -0.15) is 0 Å². The number of benzene rings is 3. The highest BCUT2D eigenvalue weighted by Crippen LogP contribution is 2.34. The fourth-order valence-corrected chi connectivity index (χ4v) is 3.45. The standard InChI is InChI=1S/C24H18FN3O4/c1-14-3-8-18(13-15(14)2)26-22-21(16-4-9-20(10-5-16)28(31)32)23(29)27(24(22)30)19-11-6-17(25)7-12-19/h3-13,26H,1-2H3. The summed E-state index contributed by atoms with van der Waals surface area (Å²) in [6.07, 6.45) is 0. The monoisotopic (exact) mass is 431 g/mol. The van der Waals surface area contributed by atoms with E-state index < -0.39 is 22.6 Å². The lowest BCUT2D eigenvalue weighted by Gasteiger charge is -2.15. The molecule has 8 heteroatoms. The first kappa shape index (κ1) is 20.9. The number of non-ortho nitro benzene ring substituents is 1. The van der Waals surface area contributed by atoms with Crippen molar-refractivity contribution in [2.75, 3.05) is 10.2 Å². The van der Waals surface area contributed by atoms with E-state index in [0.717, 1.165) is 28.2 Å². The van der Waals surface area contributed by atoms with E-state index in [4.69, 9.17) is 0 Å². The molecule has 1 N–H and O–H groups in total. The summed E-state index contributed by atoms with van der Waals surface area (Å²) in [5.74, 6) is -1.71. The minimum Gasteiger partial charge on any atom is -0.350 e. The molecule has 0 aromatic heterocycles. The van der Waals surface area contributed by atoms with E-state index in [2.05, 4.69) is 5.32 Å². The third-order valence-electron chi connectivity index (χ3n) is 5.31. The number of nitro groups is 1. The summed E-state index contributed by atoms with van der Waals surface area (Å²) in [5.41, 5.74) is 3.24. The predicted octanol–water partition coefficient (Wildman–Crippen LogP) is 4.75. The zero-order valence-electron chi connectivity index (χ0n) is 17.3. The minimum absolute atomic E-state index is 0.0384. The number of carbonyl (C=O) groups excluding carboxylic acids is 2. The molecule has 0 saturated heterocycles. The summed E-state index contributed by atoms with van der Waals surface area (Å²) < 4.78 is 13.4. The van der Waals surface area contributed by atoms with Crippen molar-refractivity contribution in [1.29, 1.82) is 0 Å². The molecule has 1 aliphatic heterocycles. The predicted molar refractivity (Wildman–Crippen MR) is 118 cm³/mol. The number of rotatable bonds is 5. The van der Waals surface area contributed by atoms with Gasteiger partial charge in [-0.1, -0.05) is 6.07 Å². The average molecular weight is 431 g/mol. The fraction of sp³-hybridized carbons (Fsp3) is 0.0833. The second-order valence-corrected chi connectivity index (χ2v) is 7.40. The smallest absolute Gasteiger partial charge is 0.282 e. The number of anilines is 2. The first-order chi connectivity index (χ1) is 15.3. The van der Waals surface area contributed by atoms with Gasteiger partial charge in [0.15, 0.2) is 0 Å². The molecule has 0 fully saturated rings. The lowest BCUT2D eigenvalue weighted by atomic mass is 10.0.